The molecule has 0 bridgehead atoms. The Morgan fingerprint density at radius 1 is 1.44 bits per heavy atom. The molecule has 18 heavy (non-hydrogen) atoms. The molecule has 3 N–H and O–H groups in total. The highest BCUT2D eigenvalue weighted by molar-refractivity contribution is 5.88. The summed E-state index contributed by atoms with van der Waals surface area (Å²) in [6, 6.07) is 8.04. The topological polar surface area (TPSA) is 58.4 Å². The summed E-state index contributed by atoms with van der Waals surface area (Å²) in [4.78, 5) is 13.4. The summed E-state index contributed by atoms with van der Waals surface area (Å²) in [6.45, 7) is 5.51. The number of hydrogen-bond donors (Lipinski definition) is 2. The van der Waals surface area contributed by atoms with Crippen molar-refractivity contribution in [2.45, 2.75) is 19.9 Å². The minimum atomic E-state index is -0.0342. The van der Waals surface area contributed by atoms with Gasteiger partial charge in [0.1, 0.15) is 0 Å². The quantitative estimate of drug-likeness (QED) is 0.846. The summed E-state index contributed by atoms with van der Waals surface area (Å²) in [7, 11) is 0. The Kier molecular flexibility index (Phi) is 4.33. The lowest BCUT2D eigenvalue weighted by molar-refractivity contribution is -0.114. The SMILES string of the molecule is CC(=O)Nc1ccc(CN2CCC(CN)C2)cc1. The maximum atomic E-state index is 10.9. The van der Waals surface area contributed by atoms with Crippen LogP contribution >= 0.6 is 0 Å². The molecule has 1 saturated heterocycles. The number of anilines is 1. The number of likely N-dealkylation sites (tertiary alicyclic amines) is 1. The molecule has 0 radical (unpaired) electrons. The number of benzene rings is 1. The third-order valence-corrected chi connectivity index (χ3v) is 3.38. The van der Waals surface area contributed by atoms with Crippen LogP contribution in [0.2, 0.25) is 0 Å². The third-order valence-electron chi connectivity index (χ3n) is 3.38. The third kappa shape index (κ3) is 3.55. The number of carbonyl (C=O) groups is 1. The molecule has 1 heterocycles. The Hall–Kier alpha value is -1.39. The van der Waals surface area contributed by atoms with Gasteiger partial charge in [-0.1, -0.05) is 12.1 Å². The van der Waals surface area contributed by atoms with E-state index in [9.17, 15) is 4.79 Å². The minimum absolute atomic E-state index is 0.0342. The van der Waals surface area contributed by atoms with E-state index in [-0.39, 0.29) is 5.91 Å². The van der Waals surface area contributed by atoms with Crippen LogP contribution < -0.4 is 11.1 Å². The number of nitrogens with zero attached hydrogens (tertiary/aromatic N) is 1. The van der Waals surface area contributed by atoms with Gasteiger partial charge in [-0.05, 0) is 43.1 Å². The Bertz CT molecular complexity index is 402. The van der Waals surface area contributed by atoms with Crippen LogP contribution in [0, 0.1) is 5.92 Å². The zero-order valence-corrected chi connectivity index (χ0v) is 10.9. The fourth-order valence-corrected chi connectivity index (χ4v) is 2.40. The second kappa shape index (κ2) is 5.98. The summed E-state index contributed by atoms with van der Waals surface area (Å²) < 4.78 is 0. The highest BCUT2D eigenvalue weighted by atomic mass is 16.1. The molecule has 4 nitrogen and oxygen atoms in total. The van der Waals surface area contributed by atoms with Gasteiger partial charge in [0, 0.05) is 25.7 Å². The van der Waals surface area contributed by atoms with Crippen LogP contribution in [0.4, 0.5) is 5.69 Å². The average molecular weight is 247 g/mol. The van der Waals surface area contributed by atoms with Crippen LogP contribution in [-0.4, -0.2) is 30.4 Å². The molecule has 1 aliphatic rings. The molecule has 2 rings (SSSR count). The molecule has 1 aromatic rings. The largest absolute Gasteiger partial charge is 0.330 e. The van der Waals surface area contributed by atoms with E-state index < -0.39 is 0 Å². The average Bonchev–Trinajstić information content (AvgIpc) is 2.79. The van der Waals surface area contributed by atoms with E-state index in [1.165, 1.54) is 18.9 Å². The molecule has 1 aliphatic heterocycles. The van der Waals surface area contributed by atoms with Gasteiger partial charge in [0.2, 0.25) is 5.91 Å². The fraction of sp³-hybridized carbons (Fsp3) is 0.500. The molecule has 0 spiro atoms. The van der Waals surface area contributed by atoms with E-state index in [0.717, 1.165) is 31.9 Å². The number of carbonyl (C=O) groups excluding carboxylic acids is 1. The molecule has 1 fully saturated rings. The number of nitrogens with one attached hydrogen (secondary N) is 1. The molecule has 1 atom stereocenters. The van der Waals surface area contributed by atoms with E-state index >= 15 is 0 Å². The maximum absolute atomic E-state index is 10.9. The smallest absolute Gasteiger partial charge is 0.221 e. The van der Waals surface area contributed by atoms with Gasteiger partial charge in [-0.2, -0.15) is 0 Å². The molecule has 98 valence electrons. The van der Waals surface area contributed by atoms with Crippen LogP contribution in [0.15, 0.2) is 24.3 Å². The zero-order valence-electron chi connectivity index (χ0n) is 10.9. The lowest BCUT2D eigenvalue weighted by Crippen LogP contribution is -2.22. The first-order valence-electron chi connectivity index (χ1n) is 6.46. The van der Waals surface area contributed by atoms with Crippen LogP contribution in [0.3, 0.4) is 0 Å². The molecule has 1 unspecified atom stereocenters. The molecule has 0 saturated carbocycles. The minimum Gasteiger partial charge on any atom is -0.330 e. The van der Waals surface area contributed by atoms with Crippen molar-refractivity contribution < 1.29 is 4.79 Å². The second-order valence-corrected chi connectivity index (χ2v) is 5.00. The highest BCUT2D eigenvalue weighted by Gasteiger charge is 2.20. The Balaban J connectivity index is 1.88. The van der Waals surface area contributed by atoms with Gasteiger partial charge in [0.05, 0.1) is 0 Å². The predicted molar refractivity (Wildman–Crippen MR) is 73.2 cm³/mol. The van der Waals surface area contributed by atoms with Gasteiger partial charge in [-0.25, -0.2) is 0 Å². The molecular weight excluding hydrogens is 226 g/mol. The van der Waals surface area contributed by atoms with Crippen LogP contribution in [0.1, 0.15) is 18.9 Å². The van der Waals surface area contributed by atoms with Gasteiger partial charge in [0.15, 0.2) is 0 Å². The molecule has 4 heteroatoms. The molecule has 0 aliphatic carbocycles. The van der Waals surface area contributed by atoms with E-state index in [0.29, 0.717) is 5.92 Å². The van der Waals surface area contributed by atoms with Crippen LogP contribution in [-0.2, 0) is 11.3 Å². The van der Waals surface area contributed by atoms with E-state index in [2.05, 4.69) is 22.3 Å². The summed E-state index contributed by atoms with van der Waals surface area (Å²) >= 11 is 0. The van der Waals surface area contributed by atoms with Gasteiger partial charge < -0.3 is 11.1 Å². The second-order valence-electron chi connectivity index (χ2n) is 5.00. The van der Waals surface area contributed by atoms with Crippen molar-refractivity contribution in [3.8, 4) is 0 Å². The highest BCUT2D eigenvalue weighted by Crippen LogP contribution is 2.18. The number of hydrogen-bond acceptors (Lipinski definition) is 3. The fourth-order valence-electron chi connectivity index (χ4n) is 2.40. The lowest BCUT2D eigenvalue weighted by atomic mass is 10.1. The van der Waals surface area contributed by atoms with Crippen molar-refractivity contribution in [3.63, 3.8) is 0 Å². The zero-order chi connectivity index (χ0) is 13.0. The summed E-state index contributed by atoms with van der Waals surface area (Å²) in [5.41, 5.74) is 7.82. The number of amides is 1. The first-order chi connectivity index (χ1) is 8.67. The van der Waals surface area contributed by atoms with Crippen molar-refractivity contribution in [1.29, 1.82) is 0 Å². The first kappa shape index (κ1) is 13.1. The predicted octanol–water partition coefficient (Wildman–Crippen LogP) is 1.43. The van der Waals surface area contributed by atoms with Crippen molar-refractivity contribution in [1.82, 2.24) is 4.90 Å². The normalized spacial score (nSPS) is 20.0. The molecule has 1 aromatic carbocycles. The van der Waals surface area contributed by atoms with Gasteiger partial charge >= 0.3 is 0 Å². The Morgan fingerprint density at radius 2 is 2.17 bits per heavy atom. The summed E-state index contributed by atoms with van der Waals surface area (Å²) in [5.74, 6) is 0.622. The van der Waals surface area contributed by atoms with Crippen LogP contribution in [0.5, 0.6) is 0 Å². The van der Waals surface area contributed by atoms with E-state index in [1.807, 2.05) is 12.1 Å². The Labute approximate surface area is 108 Å². The van der Waals surface area contributed by atoms with E-state index in [1.54, 1.807) is 0 Å². The first-order valence-corrected chi connectivity index (χ1v) is 6.46. The molecule has 0 aromatic heterocycles. The maximum Gasteiger partial charge on any atom is 0.221 e. The van der Waals surface area contributed by atoms with E-state index in [4.69, 9.17) is 5.73 Å². The van der Waals surface area contributed by atoms with Crippen molar-refractivity contribution in [2.24, 2.45) is 11.7 Å². The van der Waals surface area contributed by atoms with Crippen molar-refractivity contribution >= 4 is 11.6 Å². The molecular formula is C14H21N3O. The van der Waals surface area contributed by atoms with Gasteiger partial charge in [-0.15, -0.1) is 0 Å². The lowest BCUT2D eigenvalue weighted by Gasteiger charge is -2.16. The summed E-state index contributed by atoms with van der Waals surface area (Å²) in [5, 5.41) is 2.77. The van der Waals surface area contributed by atoms with Crippen LogP contribution in [0.25, 0.3) is 0 Å². The number of rotatable bonds is 4. The van der Waals surface area contributed by atoms with Crippen molar-refractivity contribution in [3.05, 3.63) is 29.8 Å². The number of nitrogens with two attached hydrogens (primary N) is 1. The molecule has 1 amide bonds. The van der Waals surface area contributed by atoms with Crippen molar-refractivity contribution in [2.75, 3.05) is 25.0 Å². The Morgan fingerprint density at radius 3 is 2.72 bits per heavy atom. The van der Waals surface area contributed by atoms with Gasteiger partial charge in [-0.3, -0.25) is 9.69 Å². The monoisotopic (exact) mass is 247 g/mol. The standard InChI is InChI=1S/C14H21N3O/c1-11(18)16-14-4-2-12(3-5-14)9-17-7-6-13(8-15)10-17/h2-5,13H,6-10,15H2,1H3,(H,16,18). The van der Waals surface area contributed by atoms with Gasteiger partial charge in [0.25, 0.3) is 0 Å². The summed E-state index contributed by atoms with van der Waals surface area (Å²) in [6.07, 6.45) is 1.21.